The number of aryl methyl sites for hydroxylation is 1. The molecule has 0 aromatic carbocycles. The summed E-state index contributed by atoms with van der Waals surface area (Å²) >= 11 is 1.76. The maximum absolute atomic E-state index is 4.60. The van der Waals surface area contributed by atoms with Crippen molar-refractivity contribution in [2.75, 3.05) is 0 Å². The predicted octanol–water partition coefficient (Wildman–Crippen LogP) is 3.46. The molecule has 0 saturated heterocycles. The van der Waals surface area contributed by atoms with Gasteiger partial charge in [0.25, 0.3) is 0 Å². The molecule has 1 rings (SSSR count). The molecule has 2 nitrogen and oxygen atoms in total. The third-order valence-electron chi connectivity index (χ3n) is 2.98. The smallest absolute Gasteiger partial charge is 0.113 e. The lowest BCUT2D eigenvalue weighted by Crippen LogP contribution is -2.44. The SMILES string of the molecule is CCC(C)NC(C)(CC)c1nc(C)cs1. The van der Waals surface area contributed by atoms with Gasteiger partial charge in [0.15, 0.2) is 0 Å². The van der Waals surface area contributed by atoms with E-state index in [9.17, 15) is 0 Å². The fraction of sp³-hybridized carbons (Fsp3) is 0.750. The van der Waals surface area contributed by atoms with Gasteiger partial charge in [0.05, 0.1) is 5.54 Å². The van der Waals surface area contributed by atoms with Crippen molar-refractivity contribution in [2.24, 2.45) is 0 Å². The van der Waals surface area contributed by atoms with Gasteiger partial charge in [-0.2, -0.15) is 0 Å². The highest BCUT2D eigenvalue weighted by Crippen LogP contribution is 2.28. The van der Waals surface area contributed by atoms with Gasteiger partial charge >= 0.3 is 0 Å². The molecular formula is C12H22N2S. The molecule has 0 aliphatic carbocycles. The van der Waals surface area contributed by atoms with Gasteiger partial charge in [0.1, 0.15) is 5.01 Å². The number of rotatable bonds is 5. The number of nitrogens with one attached hydrogen (secondary N) is 1. The molecule has 0 bridgehead atoms. The molecule has 0 fully saturated rings. The van der Waals surface area contributed by atoms with Crippen molar-refractivity contribution >= 4 is 11.3 Å². The first-order valence-electron chi connectivity index (χ1n) is 5.72. The third kappa shape index (κ3) is 3.02. The van der Waals surface area contributed by atoms with E-state index in [1.807, 2.05) is 0 Å². The second-order valence-electron chi connectivity index (χ2n) is 4.43. The summed E-state index contributed by atoms with van der Waals surface area (Å²) in [6, 6.07) is 0.541. The summed E-state index contributed by atoms with van der Waals surface area (Å²) in [6.07, 6.45) is 2.23. The van der Waals surface area contributed by atoms with Crippen LogP contribution in [0.1, 0.15) is 51.2 Å². The zero-order valence-corrected chi connectivity index (χ0v) is 11.2. The second kappa shape index (κ2) is 5.08. The highest BCUT2D eigenvalue weighted by Gasteiger charge is 2.28. The van der Waals surface area contributed by atoms with Crippen molar-refractivity contribution in [2.45, 2.75) is 59.0 Å². The molecule has 0 amide bonds. The maximum Gasteiger partial charge on any atom is 0.113 e. The number of nitrogens with zero attached hydrogens (tertiary/aromatic N) is 1. The van der Waals surface area contributed by atoms with Gasteiger partial charge in [0.2, 0.25) is 0 Å². The Morgan fingerprint density at radius 3 is 2.60 bits per heavy atom. The van der Waals surface area contributed by atoms with E-state index in [2.05, 4.69) is 50.3 Å². The average Bonchev–Trinajstić information content (AvgIpc) is 2.65. The Morgan fingerprint density at radius 1 is 1.53 bits per heavy atom. The minimum atomic E-state index is 0.0361. The molecular weight excluding hydrogens is 204 g/mol. The van der Waals surface area contributed by atoms with Crippen molar-refractivity contribution in [3.8, 4) is 0 Å². The maximum atomic E-state index is 4.60. The van der Waals surface area contributed by atoms with Crippen LogP contribution in [0.3, 0.4) is 0 Å². The summed E-state index contributed by atoms with van der Waals surface area (Å²) in [5, 5.41) is 7.01. The molecule has 1 N–H and O–H groups in total. The standard InChI is InChI=1S/C12H22N2S/c1-6-9(3)14-12(5,7-2)11-13-10(4)8-15-11/h8-9,14H,6-7H2,1-5H3. The molecule has 1 aromatic heterocycles. The van der Waals surface area contributed by atoms with Gasteiger partial charge < -0.3 is 5.32 Å². The van der Waals surface area contributed by atoms with E-state index in [1.165, 1.54) is 5.01 Å². The summed E-state index contributed by atoms with van der Waals surface area (Å²) in [7, 11) is 0. The topological polar surface area (TPSA) is 24.9 Å². The molecule has 1 aromatic rings. The van der Waals surface area contributed by atoms with E-state index in [0.717, 1.165) is 18.5 Å². The third-order valence-corrected chi connectivity index (χ3v) is 4.20. The summed E-state index contributed by atoms with van der Waals surface area (Å²) in [5.74, 6) is 0. The van der Waals surface area contributed by atoms with E-state index in [0.29, 0.717) is 6.04 Å². The summed E-state index contributed by atoms with van der Waals surface area (Å²) in [5.41, 5.74) is 1.16. The molecule has 0 saturated carbocycles. The number of thiazole rings is 1. The van der Waals surface area contributed by atoms with Crippen LogP contribution in [0.15, 0.2) is 5.38 Å². The normalized spacial score (nSPS) is 17.4. The molecule has 1 heterocycles. The minimum Gasteiger partial charge on any atom is -0.303 e. The van der Waals surface area contributed by atoms with E-state index in [-0.39, 0.29) is 5.54 Å². The van der Waals surface area contributed by atoms with E-state index >= 15 is 0 Å². The Morgan fingerprint density at radius 2 is 2.20 bits per heavy atom. The molecule has 15 heavy (non-hydrogen) atoms. The summed E-state index contributed by atoms with van der Waals surface area (Å²) in [4.78, 5) is 4.60. The fourth-order valence-electron chi connectivity index (χ4n) is 1.57. The van der Waals surface area contributed by atoms with Crippen LogP contribution in [0.4, 0.5) is 0 Å². The van der Waals surface area contributed by atoms with Gasteiger partial charge in [-0.25, -0.2) is 4.98 Å². The zero-order valence-electron chi connectivity index (χ0n) is 10.4. The van der Waals surface area contributed by atoms with Crippen molar-refractivity contribution in [1.29, 1.82) is 0 Å². The van der Waals surface area contributed by atoms with Crippen molar-refractivity contribution < 1.29 is 0 Å². The largest absolute Gasteiger partial charge is 0.303 e. The van der Waals surface area contributed by atoms with E-state index < -0.39 is 0 Å². The van der Waals surface area contributed by atoms with Gasteiger partial charge in [-0.3, -0.25) is 0 Å². The van der Waals surface area contributed by atoms with Crippen LogP contribution in [0.25, 0.3) is 0 Å². The van der Waals surface area contributed by atoms with Crippen LogP contribution >= 0.6 is 11.3 Å². The first-order chi connectivity index (χ1) is 7.01. The van der Waals surface area contributed by atoms with Crippen LogP contribution in [0, 0.1) is 6.92 Å². The van der Waals surface area contributed by atoms with Crippen LogP contribution in [-0.4, -0.2) is 11.0 Å². The van der Waals surface area contributed by atoms with Gasteiger partial charge in [-0.05, 0) is 33.6 Å². The molecule has 0 aliphatic rings. The van der Waals surface area contributed by atoms with E-state index in [1.54, 1.807) is 11.3 Å². The zero-order chi connectivity index (χ0) is 11.5. The highest BCUT2D eigenvalue weighted by atomic mass is 32.1. The van der Waals surface area contributed by atoms with E-state index in [4.69, 9.17) is 0 Å². The molecule has 2 unspecified atom stereocenters. The highest BCUT2D eigenvalue weighted by molar-refractivity contribution is 7.09. The van der Waals surface area contributed by atoms with Gasteiger partial charge in [-0.15, -0.1) is 11.3 Å². The van der Waals surface area contributed by atoms with Crippen molar-refractivity contribution in [3.05, 3.63) is 16.1 Å². The predicted molar refractivity (Wildman–Crippen MR) is 67.4 cm³/mol. The average molecular weight is 226 g/mol. The molecule has 3 heteroatoms. The van der Waals surface area contributed by atoms with Crippen LogP contribution in [0.5, 0.6) is 0 Å². The molecule has 0 spiro atoms. The van der Waals surface area contributed by atoms with Crippen LogP contribution in [0.2, 0.25) is 0 Å². The van der Waals surface area contributed by atoms with Crippen LogP contribution in [-0.2, 0) is 5.54 Å². The molecule has 0 aliphatic heterocycles. The molecule has 0 radical (unpaired) electrons. The Labute approximate surface area is 97.1 Å². The summed E-state index contributed by atoms with van der Waals surface area (Å²) in [6.45, 7) is 11.0. The molecule has 2 atom stereocenters. The minimum absolute atomic E-state index is 0.0361. The number of hydrogen-bond acceptors (Lipinski definition) is 3. The molecule has 86 valence electrons. The Kier molecular flexibility index (Phi) is 4.29. The summed E-state index contributed by atoms with van der Waals surface area (Å²) < 4.78 is 0. The first kappa shape index (κ1) is 12.7. The lowest BCUT2D eigenvalue weighted by molar-refractivity contribution is 0.308. The first-order valence-corrected chi connectivity index (χ1v) is 6.60. The number of aromatic nitrogens is 1. The van der Waals surface area contributed by atoms with Crippen LogP contribution < -0.4 is 5.32 Å². The Hall–Kier alpha value is -0.410. The number of hydrogen-bond donors (Lipinski definition) is 1. The van der Waals surface area contributed by atoms with Crippen molar-refractivity contribution in [1.82, 2.24) is 10.3 Å². The van der Waals surface area contributed by atoms with Crippen molar-refractivity contribution in [3.63, 3.8) is 0 Å². The Balaban J connectivity index is 2.84. The monoisotopic (exact) mass is 226 g/mol. The second-order valence-corrected chi connectivity index (χ2v) is 5.29. The lowest BCUT2D eigenvalue weighted by Gasteiger charge is -2.31. The van der Waals surface area contributed by atoms with Gasteiger partial charge in [-0.1, -0.05) is 13.8 Å². The Bertz CT molecular complexity index is 308. The lowest BCUT2D eigenvalue weighted by atomic mass is 9.98. The fourth-order valence-corrected chi connectivity index (χ4v) is 2.56. The quantitative estimate of drug-likeness (QED) is 0.831. The van der Waals surface area contributed by atoms with Gasteiger partial charge in [0, 0.05) is 17.1 Å².